The molecular formula is C16H28FN3. The third-order valence-corrected chi connectivity index (χ3v) is 3.20. The summed E-state index contributed by atoms with van der Waals surface area (Å²) in [5, 5.41) is 0. The zero-order valence-corrected chi connectivity index (χ0v) is 13.2. The third kappa shape index (κ3) is 5.10. The summed E-state index contributed by atoms with van der Waals surface area (Å²) < 4.78 is 14.3. The molecule has 0 aliphatic heterocycles. The number of hydrogen-bond acceptors (Lipinski definition) is 3. The van der Waals surface area contributed by atoms with Crippen molar-refractivity contribution in [1.82, 2.24) is 4.90 Å². The van der Waals surface area contributed by atoms with E-state index in [1.807, 2.05) is 20.2 Å². The maximum atomic E-state index is 14.3. The highest BCUT2D eigenvalue weighted by atomic mass is 19.1. The Bertz CT molecular complexity index is 405. The molecule has 0 amide bonds. The van der Waals surface area contributed by atoms with Crippen LogP contribution in [0.1, 0.15) is 19.4 Å². The monoisotopic (exact) mass is 281 g/mol. The zero-order chi connectivity index (χ0) is 15.1. The molecule has 0 saturated heterocycles. The Labute approximate surface area is 122 Å². The molecule has 4 heteroatoms. The normalized spacial score (nSPS) is 11.4. The molecule has 0 heterocycles. The highest BCUT2D eigenvalue weighted by Gasteiger charge is 2.17. The molecule has 0 spiro atoms. The molecule has 1 rings (SSSR count). The maximum absolute atomic E-state index is 14.3. The summed E-state index contributed by atoms with van der Waals surface area (Å²) in [5.41, 5.74) is 7.39. The molecule has 0 bridgehead atoms. The van der Waals surface area contributed by atoms with Crippen molar-refractivity contribution >= 4 is 5.69 Å². The number of nitrogens with zero attached hydrogens (tertiary/aromatic N) is 2. The largest absolute Gasteiger partial charge is 0.367 e. The molecule has 0 radical (unpaired) electrons. The predicted octanol–water partition coefficient (Wildman–Crippen LogP) is 2.35. The summed E-state index contributed by atoms with van der Waals surface area (Å²) in [5.74, 6) is 0.345. The SMILES string of the molecule is CC(C)CN(CCN(C)C)c1c(F)cccc1CCN. The summed E-state index contributed by atoms with van der Waals surface area (Å²) in [6, 6.07) is 5.29. The van der Waals surface area contributed by atoms with Crippen LogP contribution in [0.3, 0.4) is 0 Å². The van der Waals surface area contributed by atoms with E-state index in [1.54, 1.807) is 12.1 Å². The van der Waals surface area contributed by atoms with Gasteiger partial charge in [0.1, 0.15) is 5.82 Å². The summed E-state index contributed by atoms with van der Waals surface area (Å²) >= 11 is 0. The van der Waals surface area contributed by atoms with Gasteiger partial charge in [-0.05, 0) is 44.6 Å². The second kappa shape index (κ2) is 8.22. The Balaban J connectivity index is 3.04. The Morgan fingerprint density at radius 2 is 1.90 bits per heavy atom. The minimum Gasteiger partial charge on any atom is -0.367 e. The molecule has 0 aliphatic rings. The molecule has 1 aromatic carbocycles. The van der Waals surface area contributed by atoms with E-state index in [4.69, 9.17) is 5.73 Å². The standard InChI is InChI=1S/C16H28FN3/c1-13(2)12-20(11-10-19(3)4)16-14(8-9-18)6-5-7-15(16)17/h5-7,13H,8-12,18H2,1-4H3. The number of halogens is 1. The summed E-state index contributed by atoms with van der Waals surface area (Å²) in [6.07, 6.45) is 0.712. The van der Waals surface area contributed by atoms with Crippen molar-refractivity contribution < 1.29 is 4.39 Å². The van der Waals surface area contributed by atoms with Crippen molar-refractivity contribution in [1.29, 1.82) is 0 Å². The number of para-hydroxylation sites is 1. The van der Waals surface area contributed by atoms with E-state index in [0.29, 0.717) is 18.9 Å². The van der Waals surface area contributed by atoms with Crippen LogP contribution in [0.2, 0.25) is 0 Å². The predicted molar refractivity (Wildman–Crippen MR) is 84.8 cm³/mol. The van der Waals surface area contributed by atoms with E-state index < -0.39 is 0 Å². The van der Waals surface area contributed by atoms with Crippen molar-refractivity contribution in [3.05, 3.63) is 29.6 Å². The van der Waals surface area contributed by atoms with Gasteiger partial charge in [0.25, 0.3) is 0 Å². The molecule has 1 aromatic rings. The molecule has 114 valence electrons. The molecule has 0 fully saturated rings. The van der Waals surface area contributed by atoms with E-state index in [1.165, 1.54) is 0 Å². The fraction of sp³-hybridized carbons (Fsp3) is 0.625. The Kier molecular flexibility index (Phi) is 6.96. The lowest BCUT2D eigenvalue weighted by Crippen LogP contribution is -2.35. The number of benzene rings is 1. The Morgan fingerprint density at radius 3 is 2.45 bits per heavy atom. The molecule has 0 saturated carbocycles. The molecule has 2 N–H and O–H groups in total. The van der Waals surface area contributed by atoms with Crippen LogP contribution in [0.5, 0.6) is 0 Å². The number of hydrogen-bond donors (Lipinski definition) is 1. The van der Waals surface area contributed by atoms with Crippen molar-refractivity contribution in [3.63, 3.8) is 0 Å². The van der Waals surface area contributed by atoms with Gasteiger partial charge >= 0.3 is 0 Å². The van der Waals surface area contributed by atoms with Gasteiger partial charge in [0.2, 0.25) is 0 Å². The van der Waals surface area contributed by atoms with Gasteiger partial charge in [0, 0.05) is 19.6 Å². The Hall–Kier alpha value is -1.13. The highest BCUT2D eigenvalue weighted by Crippen LogP contribution is 2.25. The van der Waals surface area contributed by atoms with Gasteiger partial charge in [-0.3, -0.25) is 0 Å². The average molecular weight is 281 g/mol. The molecule has 20 heavy (non-hydrogen) atoms. The molecule has 0 aliphatic carbocycles. The first-order valence-corrected chi connectivity index (χ1v) is 7.32. The topological polar surface area (TPSA) is 32.5 Å². The second-order valence-electron chi connectivity index (χ2n) is 5.93. The van der Waals surface area contributed by atoms with E-state index >= 15 is 0 Å². The van der Waals surface area contributed by atoms with E-state index in [0.717, 1.165) is 30.9 Å². The van der Waals surface area contributed by atoms with Crippen LogP contribution in [-0.2, 0) is 6.42 Å². The first-order valence-electron chi connectivity index (χ1n) is 7.32. The van der Waals surface area contributed by atoms with Gasteiger partial charge in [-0.1, -0.05) is 26.0 Å². The van der Waals surface area contributed by atoms with Gasteiger partial charge in [0.15, 0.2) is 0 Å². The minimum absolute atomic E-state index is 0.143. The van der Waals surface area contributed by atoms with Crippen LogP contribution in [0.4, 0.5) is 10.1 Å². The van der Waals surface area contributed by atoms with Crippen molar-refractivity contribution in [2.45, 2.75) is 20.3 Å². The van der Waals surface area contributed by atoms with Crippen LogP contribution in [0.15, 0.2) is 18.2 Å². The van der Waals surface area contributed by atoms with E-state index in [2.05, 4.69) is 23.6 Å². The van der Waals surface area contributed by atoms with Crippen molar-refractivity contribution in [2.24, 2.45) is 11.7 Å². The second-order valence-corrected chi connectivity index (χ2v) is 5.93. The van der Waals surface area contributed by atoms with Crippen LogP contribution in [-0.4, -0.2) is 45.2 Å². The third-order valence-electron chi connectivity index (χ3n) is 3.20. The van der Waals surface area contributed by atoms with Crippen LogP contribution >= 0.6 is 0 Å². The van der Waals surface area contributed by atoms with Gasteiger partial charge in [-0.25, -0.2) is 4.39 Å². The van der Waals surface area contributed by atoms with Crippen LogP contribution in [0, 0.1) is 11.7 Å². The van der Waals surface area contributed by atoms with Crippen LogP contribution < -0.4 is 10.6 Å². The molecular weight excluding hydrogens is 253 g/mol. The number of rotatable bonds is 8. The zero-order valence-electron chi connectivity index (χ0n) is 13.2. The van der Waals surface area contributed by atoms with Gasteiger partial charge in [-0.2, -0.15) is 0 Å². The van der Waals surface area contributed by atoms with Gasteiger partial charge < -0.3 is 15.5 Å². The average Bonchev–Trinajstić information content (AvgIpc) is 2.35. The summed E-state index contributed by atoms with van der Waals surface area (Å²) in [4.78, 5) is 4.28. The molecule has 0 atom stereocenters. The fourth-order valence-electron chi connectivity index (χ4n) is 2.33. The lowest BCUT2D eigenvalue weighted by molar-refractivity contribution is 0.407. The quantitative estimate of drug-likeness (QED) is 0.794. The van der Waals surface area contributed by atoms with Gasteiger partial charge in [-0.15, -0.1) is 0 Å². The number of likely N-dealkylation sites (N-methyl/N-ethyl adjacent to an activating group) is 1. The lowest BCUT2D eigenvalue weighted by Gasteiger charge is -2.30. The molecule has 3 nitrogen and oxygen atoms in total. The van der Waals surface area contributed by atoms with E-state index in [9.17, 15) is 4.39 Å². The minimum atomic E-state index is -0.143. The van der Waals surface area contributed by atoms with Gasteiger partial charge in [0.05, 0.1) is 5.69 Å². The van der Waals surface area contributed by atoms with Crippen molar-refractivity contribution in [3.8, 4) is 0 Å². The molecule has 0 aromatic heterocycles. The van der Waals surface area contributed by atoms with Crippen LogP contribution in [0.25, 0.3) is 0 Å². The first-order chi connectivity index (χ1) is 9.45. The first kappa shape index (κ1) is 16.9. The fourth-order valence-corrected chi connectivity index (χ4v) is 2.33. The summed E-state index contributed by atoms with van der Waals surface area (Å²) in [7, 11) is 4.07. The number of nitrogens with two attached hydrogens (primary N) is 1. The smallest absolute Gasteiger partial charge is 0.146 e. The maximum Gasteiger partial charge on any atom is 0.146 e. The van der Waals surface area contributed by atoms with Crippen molar-refractivity contribution in [2.75, 3.05) is 45.2 Å². The lowest BCUT2D eigenvalue weighted by atomic mass is 10.1. The summed E-state index contributed by atoms with van der Waals surface area (Å²) in [6.45, 7) is 7.44. The number of anilines is 1. The highest BCUT2D eigenvalue weighted by molar-refractivity contribution is 5.55. The molecule has 0 unspecified atom stereocenters. The van der Waals surface area contributed by atoms with E-state index in [-0.39, 0.29) is 5.82 Å². The Morgan fingerprint density at radius 1 is 1.20 bits per heavy atom.